The fourth-order valence-corrected chi connectivity index (χ4v) is 4.34. The third-order valence-electron chi connectivity index (χ3n) is 3.64. The molecule has 0 radical (unpaired) electrons. The molecule has 0 bridgehead atoms. The van der Waals surface area contributed by atoms with Gasteiger partial charge in [0.05, 0.1) is 20.3 Å². The summed E-state index contributed by atoms with van der Waals surface area (Å²) in [4.78, 5) is 2.21. The lowest BCUT2D eigenvalue weighted by molar-refractivity contribution is 0.0737. The number of aliphatic hydroxyl groups is 1. The highest BCUT2D eigenvalue weighted by Gasteiger charge is 2.30. The third kappa shape index (κ3) is 3.08. The maximum absolute atomic E-state index is 10.7. The molecule has 1 heterocycles. The van der Waals surface area contributed by atoms with Gasteiger partial charge in [-0.3, -0.25) is 4.90 Å². The Morgan fingerprint density at radius 3 is 2.75 bits per heavy atom. The Balaban J connectivity index is 2.33. The normalized spacial score (nSPS) is 21.6. The van der Waals surface area contributed by atoms with Crippen LogP contribution in [0.4, 0.5) is 0 Å². The number of halogens is 1. The van der Waals surface area contributed by atoms with E-state index in [1.807, 2.05) is 23.9 Å². The van der Waals surface area contributed by atoms with Crippen LogP contribution in [0.25, 0.3) is 0 Å². The largest absolute Gasteiger partial charge is 0.495 e. The molecular weight excluding hydrogens is 342 g/mol. The number of benzene rings is 1. The molecule has 1 aromatic carbocycles. The van der Waals surface area contributed by atoms with Crippen molar-refractivity contribution in [2.75, 3.05) is 39.3 Å². The maximum atomic E-state index is 10.7. The Morgan fingerprint density at radius 2 is 2.15 bits per heavy atom. The summed E-state index contributed by atoms with van der Waals surface area (Å²) in [6.45, 7) is 0.992. The molecule has 112 valence electrons. The van der Waals surface area contributed by atoms with Crippen LogP contribution in [0.5, 0.6) is 11.5 Å². The van der Waals surface area contributed by atoms with Crippen LogP contribution in [-0.4, -0.2) is 55.4 Å². The fourth-order valence-electron chi connectivity index (χ4n) is 2.40. The summed E-state index contributed by atoms with van der Waals surface area (Å²) in [7, 11) is 5.27. The molecule has 20 heavy (non-hydrogen) atoms. The van der Waals surface area contributed by atoms with Crippen LogP contribution in [0, 0.1) is 0 Å². The molecule has 1 aromatic rings. The minimum atomic E-state index is -0.579. The molecule has 2 atom stereocenters. The van der Waals surface area contributed by atoms with Crippen molar-refractivity contribution >= 4 is 27.7 Å². The van der Waals surface area contributed by atoms with E-state index >= 15 is 0 Å². The second-order valence-electron chi connectivity index (χ2n) is 4.77. The third-order valence-corrected chi connectivity index (χ3v) is 5.44. The predicted molar refractivity (Wildman–Crippen MR) is 85.9 cm³/mol. The van der Waals surface area contributed by atoms with Gasteiger partial charge in [-0.1, -0.05) is 0 Å². The number of hydrogen-bond acceptors (Lipinski definition) is 5. The minimum absolute atomic E-state index is 0.0999. The molecule has 1 N–H and O–H groups in total. The molecule has 0 aromatic heterocycles. The summed E-state index contributed by atoms with van der Waals surface area (Å²) in [5.41, 5.74) is 0.791. The summed E-state index contributed by atoms with van der Waals surface area (Å²) in [6, 6.07) is 3.82. The summed E-state index contributed by atoms with van der Waals surface area (Å²) in [5.74, 6) is 3.37. The molecule has 0 saturated carbocycles. The molecule has 6 heteroatoms. The average molecular weight is 362 g/mol. The number of hydrogen-bond donors (Lipinski definition) is 1. The summed E-state index contributed by atoms with van der Waals surface area (Å²) < 4.78 is 11.5. The summed E-state index contributed by atoms with van der Waals surface area (Å²) >= 11 is 5.36. The maximum Gasteiger partial charge on any atom is 0.142 e. The van der Waals surface area contributed by atoms with Gasteiger partial charge in [-0.15, -0.1) is 0 Å². The highest BCUT2D eigenvalue weighted by atomic mass is 79.9. The Labute approximate surface area is 132 Å². The molecule has 0 aliphatic carbocycles. The summed E-state index contributed by atoms with van der Waals surface area (Å²) in [5, 5.41) is 10.7. The SMILES string of the molecule is COc1ccc(C(O)C2CSCCN2C)c(OC)c1Br. The molecule has 2 rings (SSSR count). The molecule has 1 aliphatic rings. The number of rotatable bonds is 4. The molecule has 1 aliphatic heterocycles. The Hall–Kier alpha value is -0.430. The Kier molecular flexibility index (Phi) is 5.60. The number of ether oxygens (including phenoxy) is 2. The van der Waals surface area contributed by atoms with Crippen molar-refractivity contribution in [1.29, 1.82) is 0 Å². The molecule has 0 spiro atoms. The molecule has 4 nitrogen and oxygen atoms in total. The van der Waals surface area contributed by atoms with Crippen molar-refractivity contribution < 1.29 is 14.6 Å². The van der Waals surface area contributed by atoms with Gasteiger partial charge in [0.25, 0.3) is 0 Å². The zero-order chi connectivity index (χ0) is 14.7. The van der Waals surface area contributed by atoms with Gasteiger partial charge >= 0.3 is 0 Å². The number of aliphatic hydroxyl groups excluding tert-OH is 1. The lowest BCUT2D eigenvalue weighted by Crippen LogP contribution is -2.43. The van der Waals surface area contributed by atoms with Crippen molar-refractivity contribution in [2.24, 2.45) is 0 Å². The lowest BCUT2D eigenvalue weighted by atomic mass is 10.0. The lowest BCUT2D eigenvalue weighted by Gasteiger charge is -2.36. The fraction of sp³-hybridized carbons (Fsp3) is 0.571. The molecule has 0 amide bonds. The van der Waals surface area contributed by atoms with Crippen LogP contribution < -0.4 is 9.47 Å². The van der Waals surface area contributed by atoms with E-state index in [-0.39, 0.29) is 6.04 Å². The first-order valence-corrected chi connectivity index (χ1v) is 8.41. The Bertz CT molecular complexity index is 472. The zero-order valence-corrected chi connectivity index (χ0v) is 14.3. The van der Waals surface area contributed by atoms with Crippen LogP contribution in [0.2, 0.25) is 0 Å². The van der Waals surface area contributed by atoms with Crippen LogP contribution in [-0.2, 0) is 0 Å². The van der Waals surface area contributed by atoms with Crippen molar-refractivity contribution in [1.82, 2.24) is 4.90 Å². The molecule has 1 fully saturated rings. The van der Waals surface area contributed by atoms with Gasteiger partial charge < -0.3 is 14.6 Å². The first kappa shape index (κ1) is 15.9. The highest BCUT2D eigenvalue weighted by molar-refractivity contribution is 9.10. The molecular formula is C14H20BrNO3S. The van der Waals surface area contributed by atoms with Crippen molar-refractivity contribution in [3.63, 3.8) is 0 Å². The number of nitrogens with zero attached hydrogens (tertiary/aromatic N) is 1. The smallest absolute Gasteiger partial charge is 0.142 e. The van der Waals surface area contributed by atoms with E-state index in [9.17, 15) is 5.11 Å². The second kappa shape index (κ2) is 7.02. The first-order chi connectivity index (χ1) is 9.60. The molecule has 1 saturated heterocycles. The van der Waals surface area contributed by atoms with E-state index in [2.05, 4.69) is 27.9 Å². The monoisotopic (exact) mass is 361 g/mol. The van der Waals surface area contributed by atoms with Gasteiger partial charge in [0.2, 0.25) is 0 Å². The minimum Gasteiger partial charge on any atom is -0.495 e. The van der Waals surface area contributed by atoms with Gasteiger partial charge in [-0.05, 0) is 35.1 Å². The van der Waals surface area contributed by atoms with E-state index in [1.165, 1.54) is 0 Å². The van der Waals surface area contributed by atoms with Gasteiger partial charge in [0, 0.05) is 29.7 Å². The standard InChI is InChI=1S/C14H20BrNO3S/c1-16-6-7-20-8-10(16)13(17)9-4-5-11(18-2)12(15)14(9)19-3/h4-5,10,13,17H,6-8H2,1-3H3. The van der Waals surface area contributed by atoms with Gasteiger partial charge in [-0.2, -0.15) is 11.8 Å². The van der Waals surface area contributed by atoms with Gasteiger partial charge in [-0.25, -0.2) is 0 Å². The van der Waals surface area contributed by atoms with E-state index < -0.39 is 6.10 Å². The van der Waals surface area contributed by atoms with Gasteiger partial charge in [0.15, 0.2) is 0 Å². The van der Waals surface area contributed by atoms with Crippen LogP contribution >= 0.6 is 27.7 Å². The average Bonchev–Trinajstić information content (AvgIpc) is 2.46. The summed E-state index contributed by atoms with van der Waals surface area (Å²) in [6.07, 6.45) is -0.579. The van der Waals surface area contributed by atoms with Crippen LogP contribution in [0.1, 0.15) is 11.7 Å². The van der Waals surface area contributed by atoms with E-state index in [4.69, 9.17) is 9.47 Å². The van der Waals surface area contributed by atoms with Crippen LogP contribution in [0.15, 0.2) is 16.6 Å². The zero-order valence-electron chi connectivity index (χ0n) is 11.9. The topological polar surface area (TPSA) is 41.9 Å². The van der Waals surface area contributed by atoms with E-state index in [1.54, 1.807) is 14.2 Å². The van der Waals surface area contributed by atoms with Gasteiger partial charge in [0.1, 0.15) is 16.0 Å². The van der Waals surface area contributed by atoms with E-state index in [0.29, 0.717) is 11.5 Å². The predicted octanol–water partition coefficient (Wildman–Crippen LogP) is 2.55. The van der Waals surface area contributed by atoms with Crippen molar-refractivity contribution in [2.45, 2.75) is 12.1 Å². The quantitative estimate of drug-likeness (QED) is 0.892. The van der Waals surface area contributed by atoms with E-state index in [0.717, 1.165) is 28.1 Å². The number of thioether (sulfide) groups is 1. The number of likely N-dealkylation sites (N-methyl/N-ethyl adjacent to an activating group) is 1. The second-order valence-corrected chi connectivity index (χ2v) is 6.71. The first-order valence-electron chi connectivity index (χ1n) is 6.46. The van der Waals surface area contributed by atoms with Crippen molar-refractivity contribution in [3.8, 4) is 11.5 Å². The highest BCUT2D eigenvalue weighted by Crippen LogP contribution is 2.41. The van der Waals surface area contributed by atoms with Crippen molar-refractivity contribution in [3.05, 3.63) is 22.2 Å². The van der Waals surface area contributed by atoms with Crippen LogP contribution in [0.3, 0.4) is 0 Å². The Morgan fingerprint density at radius 1 is 1.40 bits per heavy atom. The molecule has 2 unspecified atom stereocenters. The number of methoxy groups -OCH3 is 2.